The van der Waals surface area contributed by atoms with E-state index in [4.69, 9.17) is 0 Å². The lowest BCUT2D eigenvalue weighted by Crippen LogP contribution is -2.48. The van der Waals surface area contributed by atoms with E-state index >= 15 is 0 Å². The van der Waals surface area contributed by atoms with E-state index in [1.54, 1.807) is 6.08 Å². The fraction of sp³-hybridized carbons (Fsp3) is 0.182. The summed E-state index contributed by atoms with van der Waals surface area (Å²) >= 11 is 0. The van der Waals surface area contributed by atoms with Crippen molar-refractivity contribution in [1.29, 1.82) is 0 Å². The van der Waals surface area contributed by atoms with Gasteiger partial charge in [0.25, 0.3) is 0 Å². The first kappa shape index (κ1) is 19.3. The number of aromatic nitrogens is 2. The average Bonchev–Trinajstić information content (AvgIpc) is 2.79. The molecule has 1 aliphatic heterocycles. The molecule has 1 fully saturated rings. The van der Waals surface area contributed by atoms with E-state index in [2.05, 4.69) is 15.1 Å². The van der Waals surface area contributed by atoms with Gasteiger partial charge >= 0.3 is 0 Å². The van der Waals surface area contributed by atoms with Crippen LogP contribution in [-0.2, 0) is 10.0 Å². The zero-order chi connectivity index (χ0) is 20.1. The SMILES string of the molecule is O=S(=O)(/C=C/c1ccccc1)N1CCN(c2ccc(-c3ccccc3)nn2)CC1. The number of benzene rings is 2. The molecule has 0 spiro atoms. The Labute approximate surface area is 171 Å². The summed E-state index contributed by atoms with van der Waals surface area (Å²) in [5.74, 6) is 0.765. The van der Waals surface area contributed by atoms with Gasteiger partial charge in [-0.05, 0) is 23.8 Å². The Morgan fingerprint density at radius 1 is 0.759 bits per heavy atom. The lowest BCUT2D eigenvalue weighted by Gasteiger charge is -2.33. The molecule has 1 aromatic heterocycles. The van der Waals surface area contributed by atoms with E-state index in [1.807, 2.05) is 72.8 Å². The summed E-state index contributed by atoms with van der Waals surface area (Å²) in [6.45, 7) is 2.00. The number of rotatable bonds is 5. The molecule has 7 heteroatoms. The van der Waals surface area contributed by atoms with Crippen LogP contribution in [0.4, 0.5) is 5.82 Å². The average molecular weight is 407 g/mol. The number of piperazine rings is 1. The van der Waals surface area contributed by atoms with E-state index in [0.717, 1.165) is 22.6 Å². The standard InChI is InChI=1S/C22H22N4O2S/c27-29(28,18-13-19-7-3-1-4-8-19)26-16-14-25(15-17-26)22-12-11-21(23-24-22)20-9-5-2-6-10-20/h1-13,18H,14-17H2/b18-13+. The zero-order valence-corrected chi connectivity index (χ0v) is 16.7. The van der Waals surface area contributed by atoms with E-state index in [-0.39, 0.29) is 0 Å². The minimum absolute atomic E-state index is 0.420. The molecule has 0 bridgehead atoms. The second-order valence-electron chi connectivity index (χ2n) is 6.79. The van der Waals surface area contributed by atoms with Gasteiger partial charge in [0.15, 0.2) is 5.82 Å². The van der Waals surface area contributed by atoms with Gasteiger partial charge in [-0.1, -0.05) is 60.7 Å². The quantitative estimate of drug-likeness (QED) is 0.651. The highest BCUT2D eigenvalue weighted by atomic mass is 32.2. The Hall–Kier alpha value is -3.03. The Kier molecular flexibility index (Phi) is 5.69. The molecule has 29 heavy (non-hydrogen) atoms. The van der Waals surface area contributed by atoms with Crippen LogP contribution < -0.4 is 4.90 Å². The molecule has 0 aliphatic carbocycles. The Morgan fingerprint density at radius 2 is 1.41 bits per heavy atom. The third-order valence-electron chi connectivity index (χ3n) is 4.87. The molecule has 2 heterocycles. The van der Waals surface area contributed by atoms with Crippen molar-refractivity contribution >= 4 is 21.9 Å². The largest absolute Gasteiger partial charge is 0.352 e. The summed E-state index contributed by atoms with van der Waals surface area (Å²) < 4.78 is 26.7. The molecule has 0 radical (unpaired) electrons. The van der Waals surface area contributed by atoms with E-state index < -0.39 is 10.0 Å². The first-order valence-corrected chi connectivity index (χ1v) is 11.0. The topological polar surface area (TPSA) is 66.4 Å². The van der Waals surface area contributed by atoms with E-state index in [0.29, 0.717) is 26.2 Å². The summed E-state index contributed by atoms with van der Waals surface area (Å²) in [6.07, 6.45) is 1.63. The van der Waals surface area contributed by atoms with Crippen molar-refractivity contribution in [2.45, 2.75) is 0 Å². The lowest BCUT2D eigenvalue weighted by molar-refractivity contribution is 0.388. The van der Waals surface area contributed by atoms with Crippen molar-refractivity contribution in [3.05, 3.63) is 83.8 Å². The number of hydrogen-bond donors (Lipinski definition) is 0. The molecule has 2 aromatic carbocycles. The third-order valence-corrected chi connectivity index (χ3v) is 6.44. The van der Waals surface area contributed by atoms with Crippen LogP contribution >= 0.6 is 0 Å². The Bertz CT molecular complexity index is 1060. The molecule has 1 saturated heterocycles. The van der Waals surface area contributed by atoms with Crippen LogP contribution in [0.3, 0.4) is 0 Å². The van der Waals surface area contributed by atoms with E-state index in [9.17, 15) is 8.42 Å². The van der Waals surface area contributed by atoms with Crippen LogP contribution in [-0.4, -0.2) is 49.1 Å². The van der Waals surface area contributed by atoms with Gasteiger partial charge < -0.3 is 4.90 Å². The maximum Gasteiger partial charge on any atom is 0.236 e. The predicted octanol–water partition coefficient (Wildman–Crippen LogP) is 3.27. The Morgan fingerprint density at radius 3 is 2.03 bits per heavy atom. The van der Waals surface area contributed by atoms with Crippen LogP contribution in [0, 0.1) is 0 Å². The molecule has 0 atom stereocenters. The maximum atomic E-state index is 12.6. The molecule has 0 amide bonds. The predicted molar refractivity (Wildman–Crippen MR) is 116 cm³/mol. The van der Waals surface area contributed by atoms with Gasteiger partial charge in [0.1, 0.15) is 0 Å². The fourth-order valence-electron chi connectivity index (χ4n) is 3.24. The molecule has 1 aliphatic rings. The van der Waals surface area contributed by atoms with Crippen molar-refractivity contribution < 1.29 is 8.42 Å². The highest BCUT2D eigenvalue weighted by molar-refractivity contribution is 7.92. The second kappa shape index (κ2) is 8.55. The van der Waals surface area contributed by atoms with Crippen LogP contribution in [0.15, 0.2) is 78.2 Å². The minimum Gasteiger partial charge on any atom is -0.352 e. The fourth-order valence-corrected chi connectivity index (χ4v) is 4.42. The van der Waals surface area contributed by atoms with Crippen molar-refractivity contribution in [3.8, 4) is 11.3 Å². The first-order chi connectivity index (χ1) is 14.1. The molecular weight excluding hydrogens is 384 g/mol. The van der Waals surface area contributed by atoms with Gasteiger partial charge in [-0.25, -0.2) is 8.42 Å². The molecule has 6 nitrogen and oxygen atoms in total. The normalized spacial score (nSPS) is 15.7. The summed E-state index contributed by atoms with van der Waals surface area (Å²) in [6, 6.07) is 23.2. The molecule has 0 unspecified atom stereocenters. The van der Waals surface area contributed by atoms with Crippen LogP contribution in [0.2, 0.25) is 0 Å². The highest BCUT2D eigenvalue weighted by Gasteiger charge is 2.25. The van der Waals surface area contributed by atoms with Gasteiger partial charge in [-0.3, -0.25) is 0 Å². The molecule has 0 saturated carbocycles. The summed E-state index contributed by atoms with van der Waals surface area (Å²) in [4.78, 5) is 2.06. The second-order valence-corrected chi connectivity index (χ2v) is 8.61. The number of anilines is 1. The molecular formula is C22H22N4O2S. The molecule has 3 aromatic rings. The molecule has 0 N–H and O–H groups in total. The van der Waals surface area contributed by atoms with Gasteiger partial charge in [-0.15, -0.1) is 10.2 Å². The van der Waals surface area contributed by atoms with Gasteiger partial charge in [0, 0.05) is 37.2 Å². The number of nitrogens with zero attached hydrogens (tertiary/aromatic N) is 4. The lowest BCUT2D eigenvalue weighted by atomic mass is 10.1. The number of hydrogen-bond acceptors (Lipinski definition) is 5. The van der Waals surface area contributed by atoms with Crippen molar-refractivity contribution in [3.63, 3.8) is 0 Å². The van der Waals surface area contributed by atoms with Crippen LogP contribution in [0.5, 0.6) is 0 Å². The first-order valence-electron chi connectivity index (χ1n) is 9.49. The van der Waals surface area contributed by atoms with Crippen LogP contribution in [0.25, 0.3) is 17.3 Å². The summed E-state index contributed by atoms with van der Waals surface area (Å²) in [5, 5.41) is 9.94. The van der Waals surface area contributed by atoms with E-state index in [1.165, 1.54) is 9.71 Å². The number of sulfonamides is 1. The maximum absolute atomic E-state index is 12.6. The molecule has 148 valence electrons. The van der Waals surface area contributed by atoms with Crippen molar-refractivity contribution in [2.75, 3.05) is 31.1 Å². The van der Waals surface area contributed by atoms with Crippen LogP contribution in [0.1, 0.15) is 5.56 Å². The van der Waals surface area contributed by atoms with Crippen molar-refractivity contribution in [1.82, 2.24) is 14.5 Å². The summed E-state index contributed by atoms with van der Waals surface area (Å²) in [5.41, 5.74) is 2.71. The smallest absolute Gasteiger partial charge is 0.236 e. The monoisotopic (exact) mass is 406 g/mol. The molecule has 4 rings (SSSR count). The minimum atomic E-state index is -3.44. The van der Waals surface area contributed by atoms with Gasteiger partial charge in [0.05, 0.1) is 5.69 Å². The highest BCUT2D eigenvalue weighted by Crippen LogP contribution is 2.20. The third kappa shape index (κ3) is 4.70. The van der Waals surface area contributed by atoms with Gasteiger partial charge in [0.2, 0.25) is 10.0 Å². The van der Waals surface area contributed by atoms with Gasteiger partial charge in [-0.2, -0.15) is 4.31 Å². The van der Waals surface area contributed by atoms with Crippen molar-refractivity contribution in [2.24, 2.45) is 0 Å². The zero-order valence-electron chi connectivity index (χ0n) is 15.9. The Balaban J connectivity index is 1.38. The summed E-state index contributed by atoms with van der Waals surface area (Å²) in [7, 11) is -3.44.